The van der Waals surface area contributed by atoms with E-state index in [0.29, 0.717) is 0 Å². The van der Waals surface area contributed by atoms with Crippen LogP contribution in [0.2, 0.25) is 0 Å². The van der Waals surface area contributed by atoms with Gasteiger partial charge in [0.05, 0.1) is 22.8 Å². The molecule has 1 atom stereocenters. The maximum atomic E-state index is 2.57. The highest BCUT2D eigenvalue weighted by molar-refractivity contribution is 6.27. The maximum absolute atomic E-state index is 2.57. The van der Waals surface area contributed by atoms with Crippen molar-refractivity contribution in [3.8, 4) is 5.69 Å². The summed E-state index contributed by atoms with van der Waals surface area (Å²) in [6, 6.07) is 32.3. The number of benzene rings is 5. The summed E-state index contributed by atoms with van der Waals surface area (Å²) >= 11 is 0. The Bertz CT molecular complexity index is 2540. The summed E-state index contributed by atoms with van der Waals surface area (Å²) in [5.41, 5.74) is 13.0. The quantitative estimate of drug-likeness (QED) is 0.177. The second-order valence-corrected chi connectivity index (χ2v) is 14.5. The van der Waals surface area contributed by atoms with Crippen molar-refractivity contribution >= 4 is 44.0 Å². The molecule has 0 amide bonds. The van der Waals surface area contributed by atoms with E-state index in [2.05, 4.69) is 186 Å². The molecule has 0 spiro atoms. The van der Waals surface area contributed by atoms with Crippen molar-refractivity contribution < 1.29 is 0 Å². The fourth-order valence-electron chi connectivity index (χ4n) is 8.81. The van der Waals surface area contributed by atoms with Crippen molar-refractivity contribution in [1.29, 1.82) is 0 Å². The van der Waals surface area contributed by atoms with E-state index in [1.54, 1.807) is 0 Å². The second-order valence-electron chi connectivity index (χ2n) is 14.5. The van der Waals surface area contributed by atoms with Gasteiger partial charge in [-0.1, -0.05) is 129 Å². The van der Waals surface area contributed by atoms with Gasteiger partial charge in [0.2, 0.25) is 0 Å². The number of fused-ring (bicyclic) bond motifs is 4. The van der Waals surface area contributed by atoms with Crippen molar-refractivity contribution in [2.24, 2.45) is 0 Å². The SMILES string of the molecule is CC1(C)C2=CC(C=CC=C2)N(Cc2ccc(-n3c4cccc5ccc6c7c(cc3c6c54)CC=CN7C3=CC=CC=CC3)cc2)c2ccccc21. The molecule has 242 valence electrons. The summed E-state index contributed by atoms with van der Waals surface area (Å²) in [6.45, 7) is 5.53. The van der Waals surface area contributed by atoms with Crippen LogP contribution in [0.25, 0.3) is 38.3 Å². The van der Waals surface area contributed by atoms with Crippen LogP contribution in [0.1, 0.15) is 37.0 Å². The lowest BCUT2D eigenvalue weighted by atomic mass is 9.77. The highest BCUT2D eigenvalue weighted by atomic mass is 15.2. The van der Waals surface area contributed by atoms with E-state index in [0.717, 1.165) is 19.4 Å². The van der Waals surface area contributed by atoms with E-state index in [-0.39, 0.29) is 11.5 Å². The van der Waals surface area contributed by atoms with Gasteiger partial charge in [0.25, 0.3) is 0 Å². The van der Waals surface area contributed by atoms with Gasteiger partial charge >= 0.3 is 0 Å². The summed E-state index contributed by atoms with van der Waals surface area (Å²) < 4.78 is 2.49. The highest BCUT2D eigenvalue weighted by Crippen LogP contribution is 2.47. The van der Waals surface area contributed by atoms with E-state index < -0.39 is 0 Å². The third-order valence-corrected chi connectivity index (χ3v) is 11.3. The van der Waals surface area contributed by atoms with Crippen molar-refractivity contribution in [1.82, 2.24) is 4.57 Å². The number of anilines is 2. The molecule has 6 aromatic rings. The Morgan fingerprint density at radius 2 is 1.66 bits per heavy atom. The van der Waals surface area contributed by atoms with Crippen molar-refractivity contribution in [2.45, 2.75) is 44.7 Å². The molecule has 0 N–H and O–H groups in total. The Morgan fingerprint density at radius 3 is 2.58 bits per heavy atom. The Labute approximate surface area is 293 Å². The molecule has 0 saturated heterocycles. The van der Waals surface area contributed by atoms with Gasteiger partial charge in [0.1, 0.15) is 0 Å². The number of allylic oxidation sites excluding steroid dienone is 10. The molecule has 50 heavy (non-hydrogen) atoms. The lowest BCUT2D eigenvalue weighted by molar-refractivity contribution is 0.642. The van der Waals surface area contributed by atoms with Gasteiger partial charge in [-0.3, -0.25) is 0 Å². The standard InChI is InChI=1S/C47H39N3/c1-47(2)35-15-7-8-18-38(30-35)49(41-20-10-9-19-40(41)47)31-32-22-25-37(26-23-32)50-42-21-11-13-33-24-27-39-45(44(33)42)43(50)29-34-14-12-28-48(46(34)39)36-16-5-3-4-6-17-36/h3-13,15-16,18-30,38H,14,17,31H2,1-2H3. The molecule has 4 aliphatic rings. The Hall–Kier alpha value is -5.80. The van der Waals surface area contributed by atoms with Gasteiger partial charge in [0.15, 0.2) is 0 Å². The molecule has 3 nitrogen and oxygen atoms in total. The van der Waals surface area contributed by atoms with Gasteiger partial charge in [-0.15, -0.1) is 0 Å². The normalized spacial score (nSPS) is 19.0. The first kappa shape index (κ1) is 29.1. The van der Waals surface area contributed by atoms with Crippen molar-refractivity contribution in [3.05, 3.63) is 186 Å². The largest absolute Gasteiger partial charge is 0.357 e. The van der Waals surface area contributed by atoms with E-state index >= 15 is 0 Å². The fraction of sp³-hybridized carbons (Fsp3) is 0.149. The Kier molecular flexibility index (Phi) is 6.48. The predicted octanol–water partition coefficient (Wildman–Crippen LogP) is 11.4. The number of para-hydroxylation sites is 1. The van der Waals surface area contributed by atoms with Crippen LogP contribution in [0.5, 0.6) is 0 Å². The average molecular weight is 646 g/mol. The van der Waals surface area contributed by atoms with Gasteiger partial charge in [-0.2, -0.15) is 0 Å². The van der Waals surface area contributed by atoms with Crippen LogP contribution in [0.15, 0.2) is 169 Å². The smallest absolute Gasteiger partial charge is 0.0670 e. The molecule has 2 aliphatic carbocycles. The number of rotatable bonds is 4. The number of aromatic nitrogens is 1. The molecule has 0 fully saturated rings. The maximum Gasteiger partial charge on any atom is 0.0670 e. The van der Waals surface area contributed by atoms with Crippen LogP contribution in [-0.2, 0) is 18.4 Å². The van der Waals surface area contributed by atoms with Crippen molar-refractivity contribution in [3.63, 3.8) is 0 Å². The van der Waals surface area contributed by atoms with E-state index in [4.69, 9.17) is 0 Å². The van der Waals surface area contributed by atoms with Crippen LogP contribution >= 0.6 is 0 Å². The number of nitrogens with zero attached hydrogens (tertiary/aromatic N) is 3. The van der Waals surface area contributed by atoms with Crippen molar-refractivity contribution in [2.75, 3.05) is 9.80 Å². The van der Waals surface area contributed by atoms with E-state index in [1.165, 1.54) is 77.6 Å². The van der Waals surface area contributed by atoms with Crippen LogP contribution in [0.3, 0.4) is 0 Å². The molecular formula is C47H39N3. The predicted molar refractivity (Wildman–Crippen MR) is 212 cm³/mol. The third-order valence-electron chi connectivity index (χ3n) is 11.3. The second kappa shape index (κ2) is 11.1. The molecule has 0 saturated carbocycles. The summed E-state index contributed by atoms with van der Waals surface area (Å²) in [4.78, 5) is 4.99. The molecule has 0 radical (unpaired) electrons. The first-order chi connectivity index (χ1) is 24.6. The number of hydrogen-bond acceptors (Lipinski definition) is 2. The molecule has 1 aromatic heterocycles. The number of hydrogen-bond donors (Lipinski definition) is 0. The highest BCUT2D eigenvalue weighted by Gasteiger charge is 2.34. The monoisotopic (exact) mass is 645 g/mol. The minimum absolute atomic E-state index is 0.0739. The summed E-state index contributed by atoms with van der Waals surface area (Å²) in [7, 11) is 0. The Balaban J connectivity index is 1.09. The molecule has 2 bridgehead atoms. The first-order valence-corrected chi connectivity index (χ1v) is 17.9. The molecule has 10 rings (SSSR count). The lowest BCUT2D eigenvalue weighted by Crippen LogP contribution is -2.32. The molecule has 1 unspecified atom stereocenters. The zero-order chi connectivity index (χ0) is 33.4. The molecule has 3 heterocycles. The molecule has 5 aromatic carbocycles. The topological polar surface area (TPSA) is 11.4 Å². The zero-order valence-electron chi connectivity index (χ0n) is 28.6. The molecule has 3 heteroatoms. The minimum Gasteiger partial charge on any atom is -0.357 e. The van der Waals surface area contributed by atoms with Gasteiger partial charge < -0.3 is 14.4 Å². The summed E-state index contributed by atoms with van der Waals surface area (Å²) in [5.74, 6) is 0. The molecular weight excluding hydrogens is 607 g/mol. The Morgan fingerprint density at radius 1 is 0.760 bits per heavy atom. The van der Waals surface area contributed by atoms with Crippen LogP contribution in [0, 0.1) is 0 Å². The average Bonchev–Trinajstić information content (AvgIpc) is 3.40. The van der Waals surface area contributed by atoms with E-state index in [1.807, 2.05) is 0 Å². The van der Waals surface area contributed by atoms with Crippen LogP contribution < -0.4 is 9.80 Å². The van der Waals surface area contributed by atoms with Crippen LogP contribution in [-0.4, -0.2) is 10.6 Å². The van der Waals surface area contributed by atoms with Gasteiger partial charge in [0, 0.05) is 57.8 Å². The first-order valence-electron chi connectivity index (χ1n) is 17.9. The fourth-order valence-corrected chi connectivity index (χ4v) is 8.81. The lowest BCUT2D eigenvalue weighted by Gasteiger charge is -2.33. The molecule has 2 aliphatic heterocycles. The van der Waals surface area contributed by atoms with E-state index in [9.17, 15) is 0 Å². The summed E-state index contributed by atoms with van der Waals surface area (Å²) in [6.07, 6.45) is 28.8. The van der Waals surface area contributed by atoms with Gasteiger partial charge in [-0.25, -0.2) is 0 Å². The zero-order valence-corrected chi connectivity index (χ0v) is 28.6. The summed E-state index contributed by atoms with van der Waals surface area (Å²) in [5, 5.41) is 5.30. The van der Waals surface area contributed by atoms with Crippen LogP contribution in [0.4, 0.5) is 11.4 Å². The minimum atomic E-state index is -0.0739. The van der Waals surface area contributed by atoms with Gasteiger partial charge in [-0.05, 0) is 70.5 Å². The third kappa shape index (κ3) is 4.36.